The Morgan fingerprint density at radius 2 is 1.89 bits per heavy atom. The van der Waals surface area contributed by atoms with Crippen molar-refractivity contribution in [3.05, 3.63) is 76.6 Å². The van der Waals surface area contributed by atoms with E-state index in [0.29, 0.717) is 45.9 Å². The molecule has 0 spiro atoms. The van der Waals surface area contributed by atoms with Crippen LogP contribution in [0.25, 0.3) is 0 Å². The number of allylic oxidation sites excluding steroid dienone is 1. The van der Waals surface area contributed by atoms with E-state index in [-0.39, 0.29) is 29.0 Å². The highest BCUT2D eigenvalue weighted by Gasteiger charge is 2.23. The lowest BCUT2D eigenvalue weighted by Crippen LogP contribution is -2.25. The van der Waals surface area contributed by atoms with Gasteiger partial charge in [-0.3, -0.25) is 14.4 Å². The highest BCUT2D eigenvalue weighted by Crippen LogP contribution is 2.30. The largest absolute Gasteiger partial charge is 0.325 e. The minimum Gasteiger partial charge on any atom is -0.325 e. The molecule has 36 heavy (non-hydrogen) atoms. The van der Waals surface area contributed by atoms with Crippen molar-refractivity contribution < 1.29 is 14.4 Å². The van der Waals surface area contributed by atoms with E-state index in [1.54, 1.807) is 53.1 Å². The van der Waals surface area contributed by atoms with Crippen LogP contribution in [0.15, 0.2) is 60.3 Å². The number of amides is 2. The van der Waals surface area contributed by atoms with Crippen LogP contribution in [-0.2, 0) is 22.6 Å². The molecule has 0 saturated carbocycles. The number of halogens is 2. The van der Waals surface area contributed by atoms with Gasteiger partial charge in [0.25, 0.3) is 0 Å². The van der Waals surface area contributed by atoms with Crippen LogP contribution in [0.3, 0.4) is 0 Å². The summed E-state index contributed by atoms with van der Waals surface area (Å²) >= 11 is 13.4. The van der Waals surface area contributed by atoms with E-state index in [4.69, 9.17) is 23.2 Å². The lowest BCUT2D eigenvalue weighted by molar-refractivity contribution is -0.116. The Hall–Kier alpha value is -3.14. The first kappa shape index (κ1) is 27.4. The third-order valence-electron chi connectivity index (χ3n) is 5.10. The molecule has 2 amide bonds. The Morgan fingerprint density at radius 3 is 2.58 bits per heavy atom. The summed E-state index contributed by atoms with van der Waals surface area (Å²) in [6.45, 7) is 7.49. The Morgan fingerprint density at radius 1 is 1.14 bits per heavy atom. The second-order valence-electron chi connectivity index (χ2n) is 7.77. The molecule has 0 aliphatic heterocycles. The van der Waals surface area contributed by atoms with Gasteiger partial charge in [0.1, 0.15) is 5.82 Å². The van der Waals surface area contributed by atoms with Crippen molar-refractivity contribution in [3.8, 4) is 0 Å². The zero-order chi connectivity index (χ0) is 26.2. The Kier molecular flexibility index (Phi) is 9.69. The summed E-state index contributed by atoms with van der Waals surface area (Å²) in [5.74, 6) is -0.244. The van der Waals surface area contributed by atoms with Gasteiger partial charge < -0.3 is 15.2 Å². The summed E-state index contributed by atoms with van der Waals surface area (Å²) in [5.41, 5.74) is 1.45. The maximum atomic E-state index is 13.0. The molecule has 11 heteroatoms. The van der Waals surface area contributed by atoms with Crippen LogP contribution in [0.5, 0.6) is 0 Å². The molecule has 3 aromatic rings. The molecule has 0 aliphatic rings. The summed E-state index contributed by atoms with van der Waals surface area (Å²) in [5, 5.41) is 14.6. The summed E-state index contributed by atoms with van der Waals surface area (Å²) in [6, 6.07) is 11.7. The molecule has 2 N–H and O–H groups in total. The first-order valence-corrected chi connectivity index (χ1v) is 12.7. The van der Waals surface area contributed by atoms with Crippen molar-refractivity contribution in [2.75, 3.05) is 10.6 Å². The van der Waals surface area contributed by atoms with Crippen LogP contribution in [0.1, 0.15) is 36.5 Å². The average Bonchev–Trinajstić information content (AvgIpc) is 3.21. The molecular formula is C25H25Cl2N5O3S. The van der Waals surface area contributed by atoms with E-state index in [1.165, 1.54) is 18.7 Å². The Balaban J connectivity index is 1.73. The minimum atomic E-state index is -0.481. The fourth-order valence-corrected chi connectivity index (χ4v) is 4.61. The third kappa shape index (κ3) is 6.96. The Labute approximate surface area is 223 Å². The predicted molar refractivity (Wildman–Crippen MR) is 144 cm³/mol. The fourth-order valence-electron chi connectivity index (χ4n) is 3.28. The number of hydrogen-bond acceptors (Lipinski definition) is 6. The van der Waals surface area contributed by atoms with Gasteiger partial charge in [-0.05, 0) is 37.6 Å². The topological polar surface area (TPSA) is 106 Å². The molecule has 0 saturated heterocycles. The fraction of sp³-hybridized carbons (Fsp3) is 0.240. The predicted octanol–water partition coefficient (Wildman–Crippen LogP) is 5.66. The van der Waals surface area contributed by atoms with Crippen LogP contribution in [-0.4, -0.2) is 37.6 Å². The number of carbonyl (C=O) groups excluding carboxylic acids is 3. The van der Waals surface area contributed by atoms with E-state index < -0.39 is 5.25 Å². The monoisotopic (exact) mass is 545 g/mol. The molecule has 0 fully saturated rings. The summed E-state index contributed by atoms with van der Waals surface area (Å²) in [6.07, 6.45) is 2.12. The molecule has 0 radical (unpaired) electrons. The normalized spacial score (nSPS) is 11.6. The number of ketones is 1. The number of nitrogens with one attached hydrogen (secondary N) is 2. The zero-order valence-electron chi connectivity index (χ0n) is 19.8. The first-order chi connectivity index (χ1) is 17.2. The number of rotatable bonds is 11. The van der Waals surface area contributed by atoms with Gasteiger partial charge in [-0.25, -0.2) is 0 Å². The number of thioether (sulfide) groups is 1. The molecule has 1 unspecified atom stereocenters. The maximum absolute atomic E-state index is 13.0. The maximum Gasteiger partial charge on any atom is 0.237 e. The molecule has 1 heterocycles. The van der Waals surface area contributed by atoms with E-state index in [0.717, 1.165) is 0 Å². The lowest BCUT2D eigenvalue weighted by Gasteiger charge is -2.15. The van der Waals surface area contributed by atoms with Crippen molar-refractivity contribution in [3.63, 3.8) is 0 Å². The van der Waals surface area contributed by atoms with Crippen LogP contribution in [0, 0.1) is 0 Å². The second kappa shape index (κ2) is 12.7. The number of Topliss-reactive ketones (excluding diaryl/α,β-unsaturated/α-hetero) is 1. The molecule has 0 bridgehead atoms. The summed E-state index contributed by atoms with van der Waals surface area (Å²) < 4.78 is 1.74. The molecule has 3 rings (SSSR count). The van der Waals surface area contributed by atoms with Gasteiger partial charge in [-0.1, -0.05) is 66.2 Å². The van der Waals surface area contributed by atoms with Crippen molar-refractivity contribution >= 4 is 63.9 Å². The van der Waals surface area contributed by atoms with Crippen LogP contribution >= 0.6 is 35.0 Å². The van der Waals surface area contributed by atoms with Crippen molar-refractivity contribution in [2.24, 2.45) is 0 Å². The number of hydrogen-bond donors (Lipinski definition) is 2. The quantitative estimate of drug-likeness (QED) is 0.183. The van der Waals surface area contributed by atoms with Crippen LogP contribution < -0.4 is 10.6 Å². The van der Waals surface area contributed by atoms with Crippen LogP contribution in [0.2, 0.25) is 10.0 Å². The van der Waals surface area contributed by atoms with Gasteiger partial charge in [-0.2, -0.15) is 0 Å². The zero-order valence-corrected chi connectivity index (χ0v) is 22.1. The standard InChI is InChI=1S/C25H25Cl2N5O3S/c1-4-12-32-21(14-22(34)29-19-11-7-10-18(26)23(19)27)30-31-25(32)36-20(5-2)24(35)28-17-9-6-8-16(13-17)15(3)33/h4,6-11,13,20H,1,5,12,14H2,2-3H3,(H,28,35)(H,29,34). The molecule has 0 aliphatic carbocycles. The SMILES string of the molecule is C=CCn1c(CC(=O)Nc2cccc(Cl)c2Cl)nnc1SC(CC)C(=O)Nc1cccc(C(C)=O)c1. The third-order valence-corrected chi connectivity index (χ3v) is 7.26. The van der Waals surface area contributed by atoms with Gasteiger partial charge in [-0.15, -0.1) is 16.8 Å². The summed E-state index contributed by atoms with van der Waals surface area (Å²) in [4.78, 5) is 37.3. The molecule has 8 nitrogen and oxygen atoms in total. The number of carbonyl (C=O) groups is 3. The lowest BCUT2D eigenvalue weighted by atomic mass is 10.1. The van der Waals surface area contributed by atoms with E-state index in [9.17, 15) is 14.4 Å². The van der Waals surface area contributed by atoms with Gasteiger partial charge in [0.05, 0.1) is 27.4 Å². The number of nitrogens with zero attached hydrogens (tertiary/aromatic N) is 3. The van der Waals surface area contributed by atoms with Crippen LogP contribution in [0.4, 0.5) is 11.4 Å². The highest BCUT2D eigenvalue weighted by atomic mass is 35.5. The Bertz CT molecular complexity index is 1290. The number of benzene rings is 2. The number of anilines is 2. The number of aromatic nitrogens is 3. The molecule has 2 aromatic carbocycles. The first-order valence-electron chi connectivity index (χ1n) is 11.1. The summed E-state index contributed by atoms with van der Waals surface area (Å²) in [7, 11) is 0. The van der Waals surface area contributed by atoms with E-state index in [1.807, 2.05) is 6.92 Å². The van der Waals surface area contributed by atoms with E-state index in [2.05, 4.69) is 27.4 Å². The second-order valence-corrected chi connectivity index (χ2v) is 9.72. The molecule has 1 aromatic heterocycles. The molecular weight excluding hydrogens is 521 g/mol. The molecule has 1 atom stereocenters. The van der Waals surface area contributed by atoms with Gasteiger partial charge >= 0.3 is 0 Å². The average molecular weight is 546 g/mol. The van der Waals surface area contributed by atoms with Gasteiger partial charge in [0, 0.05) is 17.8 Å². The van der Waals surface area contributed by atoms with Crippen molar-refractivity contribution in [1.82, 2.24) is 14.8 Å². The molecule has 188 valence electrons. The van der Waals surface area contributed by atoms with Crippen molar-refractivity contribution in [1.29, 1.82) is 0 Å². The minimum absolute atomic E-state index is 0.0644. The van der Waals surface area contributed by atoms with Crippen molar-refractivity contribution in [2.45, 2.75) is 43.6 Å². The smallest absolute Gasteiger partial charge is 0.237 e. The van der Waals surface area contributed by atoms with Gasteiger partial charge in [0.2, 0.25) is 11.8 Å². The van der Waals surface area contributed by atoms with Gasteiger partial charge in [0.15, 0.2) is 10.9 Å². The van der Waals surface area contributed by atoms with E-state index >= 15 is 0 Å². The highest BCUT2D eigenvalue weighted by molar-refractivity contribution is 8.00.